The van der Waals surface area contributed by atoms with Crippen LogP contribution in [-0.2, 0) is 0 Å². The highest BCUT2D eigenvalue weighted by Crippen LogP contribution is 2.26. The number of rotatable bonds is 1. The second-order valence-electron chi connectivity index (χ2n) is 3.67. The van der Waals surface area contributed by atoms with E-state index < -0.39 is 11.7 Å². The minimum atomic E-state index is -0.847. The first-order valence-corrected chi connectivity index (χ1v) is 4.13. The number of aliphatic hydroxyl groups excluding tert-OH is 1. The second-order valence-corrected chi connectivity index (χ2v) is 3.67. The molecule has 2 N–H and O–H groups in total. The molecule has 1 atom stereocenters. The fourth-order valence-electron chi connectivity index (χ4n) is 1.52. The van der Waals surface area contributed by atoms with Gasteiger partial charge >= 0.3 is 0 Å². The normalized spacial score (nSPS) is 26.5. The first-order chi connectivity index (χ1) is 5.02. The first kappa shape index (κ1) is 8.75. The lowest BCUT2D eigenvalue weighted by Gasteiger charge is -2.28. The number of allylic oxidation sites excluding steroid dienone is 1. The summed E-state index contributed by atoms with van der Waals surface area (Å²) in [6.45, 7) is 3.43. The highest BCUT2D eigenvalue weighted by atomic mass is 16.3. The summed E-state index contributed by atoms with van der Waals surface area (Å²) in [4.78, 5) is 0. The molecular formula is C9H16O2. The van der Waals surface area contributed by atoms with Crippen molar-refractivity contribution < 1.29 is 10.2 Å². The van der Waals surface area contributed by atoms with Gasteiger partial charge in [-0.1, -0.05) is 6.08 Å². The molecular weight excluding hydrogens is 140 g/mol. The second kappa shape index (κ2) is 2.95. The van der Waals surface area contributed by atoms with E-state index in [0.29, 0.717) is 0 Å². The Kier molecular flexibility index (Phi) is 2.35. The minimum Gasteiger partial charge on any atom is -0.389 e. The number of aliphatic hydroxyl groups is 2. The summed E-state index contributed by atoms with van der Waals surface area (Å²) in [5.74, 6) is 0. The van der Waals surface area contributed by atoms with Crippen molar-refractivity contribution in [3.63, 3.8) is 0 Å². The predicted molar refractivity (Wildman–Crippen MR) is 44.2 cm³/mol. The molecule has 2 heteroatoms. The zero-order valence-corrected chi connectivity index (χ0v) is 7.17. The van der Waals surface area contributed by atoms with E-state index in [1.165, 1.54) is 0 Å². The Balaban J connectivity index is 2.76. The van der Waals surface area contributed by atoms with E-state index in [9.17, 15) is 10.2 Å². The Morgan fingerprint density at radius 3 is 2.55 bits per heavy atom. The van der Waals surface area contributed by atoms with Crippen LogP contribution in [0.2, 0.25) is 0 Å². The molecule has 0 saturated heterocycles. The third-order valence-corrected chi connectivity index (χ3v) is 2.11. The summed E-state index contributed by atoms with van der Waals surface area (Å²) in [5.41, 5.74) is -0.0661. The minimum absolute atomic E-state index is 0.427. The third kappa shape index (κ3) is 2.04. The highest BCUT2D eigenvalue weighted by molar-refractivity contribution is 5.20. The van der Waals surface area contributed by atoms with Crippen molar-refractivity contribution in [3.8, 4) is 0 Å². The van der Waals surface area contributed by atoms with E-state index in [2.05, 4.69) is 0 Å². The van der Waals surface area contributed by atoms with Crippen LogP contribution >= 0.6 is 0 Å². The summed E-state index contributed by atoms with van der Waals surface area (Å²) >= 11 is 0. The molecule has 0 radical (unpaired) electrons. The smallest absolute Gasteiger partial charge is 0.0825 e. The van der Waals surface area contributed by atoms with E-state index >= 15 is 0 Å². The molecule has 0 aromatic heterocycles. The molecule has 0 saturated carbocycles. The van der Waals surface area contributed by atoms with Crippen molar-refractivity contribution in [2.24, 2.45) is 0 Å². The van der Waals surface area contributed by atoms with Gasteiger partial charge in [0.15, 0.2) is 0 Å². The van der Waals surface area contributed by atoms with E-state index in [4.69, 9.17) is 0 Å². The molecule has 0 bridgehead atoms. The predicted octanol–water partition coefficient (Wildman–Crippen LogP) is 1.23. The van der Waals surface area contributed by atoms with Crippen molar-refractivity contribution in [2.75, 3.05) is 0 Å². The van der Waals surface area contributed by atoms with Crippen molar-refractivity contribution in [3.05, 3.63) is 11.6 Å². The molecule has 0 fully saturated rings. The number of hydrogen-bond acceptors (Lipinski definition) is 2. The van der Waals surface area contributed by atoms with Gasteiger partial charge in [0.05, 0.1) is 11.7 Å². The summed E-state index contributed by atoms with van der Waals surface area (Å²) < 4.78 is 0. The van der Waals surface area contributed by atoms with Crippen LogP contribution in [0.25, 0.3) is 0 Å². The van der Waals surface area contributed by atoms with Crippen LogP contribution in [0, 0.1) is 0 Å². The molecule has 0 heterocycles. The van der Waals surface area contributed by atoms with Crippen LogP contribution in [0.15, 0.2) is 11.6 Å². The van der Waals surface area contributed by atoms with E-state index in [1.807, 2.05) is 6.08 Å². The molecule has 0 spiro atoms. The van der Waals surface area contributed by atoms with E-state index in [1.54, 1.807) is 13.8 Å². The van der Waals surface area contributed by atoms with Gasteiger partial charge in [-0.25, -0.2) is 0 Å². The average molecular weight is 156 g/mol. The summed E-state index contributed by atoms with van der Waals surface area (Å²) in [7, 11) is 0. The first-order valence-electron chi connectivity index (χ1n) is 4.13. The van der Waals surface area contributed by atoms with Crippen LogP contribution in [-0.4, -0.2) is 21.9 Å². The van der Waals surface area contributed by atoms with E-state index in [0.717, 1.165) is 24.8 Å². The number of hydrogen-bond donors (Lipinski definition) is 2. The van der Waals surface area contributed by atoms with E-state index in [-0.39, 0.29) is 0 Å². The highest BCUT2D eigenvalue weighted by Gasteiger charge is 2.26. The third-order valence-electron chi connectivity index (χ3n) is 2.11. The van der Waals surface area contributed by atoms with Gasteiger partial charge < -0.3 is 10.2 Å². The maximum absolute atomic E-state index is 9.58. The van der Waals surface area contributed by atoms with Crippen LogP contribution in [0.3, 0.4) is 0 Å². The zero-order valence-electron chi connectivity index (χ0n) is 7.17. The van der Waals surface area contributed by atoms with Crippen molar-refractivity contribution in [1.82, 2.24) is 0 Å². The maximum atomic E-state index is 9.58. The molecule has 0 aromatic rings. The monoisotopic (exact) mass is 156 g/mol. The quantitative estimate of drug-likeness (QED) is 0.560. The van der Waals surface area contributed by atoms with Crippen LogP contribution in [0.5, 0.6) is 0 Å². The molecule has 0 aromatic carbocycles. The van der Waals surface area contributed by atoms with Crippen molar-refractivity contribution in [1.29, 1.82) is 0 Å². The van der Waals surface area contributed by atoms with Gasteiger partial charge in [-0.2, -0.15) is 0 Å². The van der Waals surface area contributed by atoms with Crippen LogP contribution in [0.4, 0.5) is 0 Å². The fraction of sp³-hybridized carbons (Fsp3) is 0.778. The molecule has 2 nitrogen and oxygen atoms in total. The van der Waals surface area contributed by atoms with Crippen LogP contribution < -0.4 is 0 Å². The lowest BCUT2D eigenvalue weighted by molar-refractivity contribution is 0.0732. The molecule has 1 aliphatic rings. The lowest BCUT2D eigenvalue weighted by Crippen LogP contribution is -2.31. The lowest BCUT2D eigenvalue weighted by atomic mass is 9.86. The maximum Gasteiger partial charge on any atom is 0.0825 e. The molecule has 0 amide bonds. The standard InChI is InChI=1S/C9H16O2/c1-9(2,11)7-5-3-4-6-8(7)10/h5,8,10-11H,3-4,6H2,1-2H3. The fourth-order valence-corrected chi connectivity index (χ4v) is 1.52. The van der Waals surface area contributed by atoms with Gasteiger partial charge in [0.2, 0.25) is 0 Å². The summed E-state index contributed by atoms with van der Waals surface area (Å²) in [6.07, 6.45) is 4.32. The molecule has 1 rings (SSSR count). The topological polar surface area (TPSA) is 40.5 Å². The van der Waals surface area contributed by atoms with Gasteiger partial charge in [0.25, 0.3) is 0 Å². The Bertz CT molecular complexity index is 165. The Hall–Kier alpha value is -0.340. The zero-order chi connectivity index (χ0) is 8.48. The largest absolute Gasteiger partial charge is 0.389 e. The Labute approximate surface area is 67.6 Å². The SMILES string of the molecule is CC(C)(O)C1=CCCCC1O. The molecule has 64 valence electrons. The Morgan fingerprint density at radius 2 is 2.18 bits per heavy atom. The van der Waals surface area contributed by atoms with Crippen molar-refractivity contribution >= 4 is 0 Å². The van der Waals surface area contributed by atoms with Gasteiger partial charge in [-0.15, -0.1) is 0 Å². The summed E-state index contributed by atoms with van der Waals surface area (Å²) in [6, 6.07) is 0. The molecule has 11 heavy (non-hydrogen) atoms. The van der Waals surface area contributed by atoms with Crippen molar-refractivity contribution in [2.45, 2.75) is 44.8 Å². The van der Waals surface area contributed by atoms with Gasteiger partial charge in [0.1, 0.15) is 0 Å². The van der Waals surface area contributed by atoms with Gasteiger partial charge in [0, 0.05) is 0 Å². The molecule has 1 aliphatic carbocycles. The molecule has 1 unspecified atom stereocenters. The van der Waals surface area contributed by atoms with Gasteiger partial charge in [-0.3, -0.25) is 0 Å². The van der Waals surface area contributed by atoms with Gasteiger partial charge in [-0.05, 0) is 38.7 Å². The average Bonchev–Trinajstić information content (AvgIpc) is 1.86. The molecule has 0 aliphatic heterocycles. The summed E-state index contributed by atoms with van der Waals surface area (Å²) in [5, 5.41) is 19.1. The Morgan fingerprint density at radius 1 is 1.55 bits per heavy atom. The van der Waals surface area contributed by atoms with Crippen LogP contribution in [0.1, 0.15) is 33.1 Å².